The van der Waals surface area contributed by atoms with Gasteiger partial charge in [-0.2, -0.15) is 0 Å². The van der Waals surface area contributed by atoms with Crippen LogP contribution in [0.2, 0.25) is 0 Å². The maximum atomic E-state index is 10.7. The van der Waals surface area contributed by atoms with Crippen molar-refractivity contribution in [2.75, 3.05) is 13.7 Å². The smallest absolute Gasteiger partial charge is 0.287 e. The minimum atomic E-state index is -0.516. The molecule has 0 aromatic rings. The van der Waals surface area contributed by atoms with Crippen molar-refractivity contribution in [3.8, 4) is 0 Å². The van der Waals surface area contributed by atoms with E-state index in [-0.39, 0.29) is 18.1 Å². The van der Waals surface area contributed by atoms with Crippen LogP contribution in [0.15, 0.2) is 33.5 Å². The molecule has 27 heavy (non-hydrogen) atoms. The Balaban J connectivity index is 0.000000178. The van der Waals surface area contributed by atoms with Crippen LogP contribution in [0.3, 0.4) is 0 Å². The third kappa shape index (κ3) is 6.57. The van der Waals surface area contributed by atoms with Gasteiger partial charge in [-0.05, 0) is 6.08 Å². The number of nitro groups is 1. The maximum Gasteiger partial charge on any atom is 0.296 e. The van der Waals surface area contributed by atoms with Crippen LogP contribution in [0.4, 0.5) is 0 Å². The van der Waals surface area contributed by atoms with E-state index >= 15 is 0 Å². The molecule has 150 valence electrons. The number of aliphatic imine (C=N–C) groups is 2. The summed E-state index contributed by atoms with van der Waals surface area (Å²) < 4.78 is 0. The molecule has 7 heteroatoms. The maximum absolute atomic E-state index is 10.7. The Hall–Kier alpha value is -2.02. The summed E-state index contributed by atoms with van der Waals surface area (Å²) >= 11 is 0. The van der Waals surface area contributed by atoms with Crippen molar-refractivity contribution in [1.82, 2.24) is 5.06 Å². The molecule has 0 spiro atoms. The Kier molecular flexibility index (Phi) is 9.18. The van der Waals surface area contributed by atoms with Gasteiger partial charge in [0.15, 0.2) is 5.71 Å². The average molecular weight is 377 g/mol. The molecule has 1 aliphatic heterocycles. The minimum absolute atomic E-state index is 0.0824. The fraction of sp³-hybridized carbons (Fsp3) is 0.700. The van der Waals surface area contributed by atoms with Gasteiger partial charge in [0, 0.05) is 13.1 Å². The van der Waals surface area contributed by atoms with E-state index in [0.717, 1.165) is 5.06 Å². The van der Waals surface area contributed by atoms with Crippen molar-refractivity contribution in [2.45, 2.75) is 77.0 Å². The third-order valence-corrected chi connectivity index (χ3v) is 5.17. The van der Waals surface area contributed by atoms with Crippen LogP contribution in [-0.4, -0.2) is 40.3 Å². The Morgan fingerprint density at radius 3 is 1.78 bits per heavy atom. The molecule has 4 rings (SSSR count). The van der Waals surface area contributed by atoms with Crippen molar-refractivity contribution in [3.05, 3.63) is 33.7 Å². The van der Waals surface area contributed by atoms with E-state index in [0.29, 0.717) is 11.4 Å². The second-order valence-electron chi connectivity index (χ2n) is 7.22. The lowest BCUT2D eigenvalue weighted by atomic mass is 10.0. The lowest BCUT2D eigenvalue weighted by Gasteiger charge is -2.13. The van der Waals surface area contributed by atoms with Gasteiger partial charge in [0.1, 0.15) is 12.4 Å². The summed E-state index contributed by atoms with van der Waals surface area (Å²) in [5, 5.41) is 21.0. The average Bonchev–Trinajstić information content (AvgIpc) is 3.12. The van der Waals surface area contributed by atoms with Gasteiger partial charge in [0.25, 0.3) is 5.70 Å². The Morgan fingerprint density at radius 2 is 1.41 bits per heavy atom. The summed E-state index contributed by atoms with van der Waals surface area (Å²) in [5.41, 5.74) is 0.916. The first-order valence-electron chi connectivity index (χ1n) is 10.2. The summed E-state index contributed by atoms with van der Waals surface area (Å²) in [6.45, 7) is 0.0824. The predicted octanol–water partition coefficient (Wildman–Crippen LogP) is 4.90. The van der Waals surface area contributed by atoms with Gasteiger partial charge in [-0.1, -0.05) is 77.0 Å². The lowest BCUT2D eigenvalue weighted by Crippen LogP contribution is -2.28. The van der Waals surface area contributed by atoms with Gasteiger partial charge >= 0.3 is 0 Å². The molecule has 0 aromatic heterocycles. The first kappa shape index (κ1) is 21.3. The second kappa shape index (κ2) is 11.6. The van der Waals surface area contributed by atoms with E-state index < -0.39 is 4.92 Å². The SMILES string of the molecule is C1CCCCC1.C1CCCCC1.CN=C1C([N+](=O)[O-])=CC=C2C1=NCN2O. The molecule has 0 amide bonds. The van der Waals surface area contributed by atoms with Gasteiger partial charge in [-0.15, -0.1) is 0 Å². The highest BCUT2D eigenvalue weighted by atomic mass is 16.6. The molecular formula is C20H32N4O3. The summed E-state index contributed by atoms with van der Waals surface area (Å²) in [4.78, 5) is 18.0. The van der Waals surface area contributed by atoms with Crippen molar-refractivity contribution >= 4 is 11.4 Å². The summed E-state index contributed by atoms with van der Waals surface area (Å²) in [7, 11) is 1.46. The van der Waals surface area contributed by atoms with Crippen molar-refractivity contribution in [2.24, 2.45) is 9.98 Å². The fourth-order valence-corrected chi connectivity index (χ4v) is 3.63. The number of hydrogen-bond donors (Lipinski definition) is 1. The van der Waals surface area contributed by atoms with Crippen molar-refractivity contribution < 1.29 is 10.1 Å². The standard InChI is InChI=1S/C8H8N4O3.2C6H12/c1-9-7-6(12(14)15)3-2-5-8(7)10-4-11(5)13;2*1-2-4-6-5-3-1/h2-3,13H,4H2,1H3;2*1-6H2. The number of nitrogens with zero attached hydrogens (tertiary/aromatic N) is 4. The first-order valence-corrected chi connectivity index (χ1v) is 10.2. The van der Waals surface area contributed by atoms with Crippen LogP contribution in [0.5, 0.6) is 0 Å². The van der Waals surface area contributed by atoms with Gasteiger partial charge in [-0.25, -0.2) is 5.06 Å². The Labute approximate surface area is 161 Å². The van der Waals surface area contributed by atoms with E-state index in [1.165, 1.54) is 96.2 Å². The quantitative estimate of drug-likeness (QED) is 0.400. The molecule has 0 atom stereocenters. The highest BCUT2D eigenvalue weighted by molar-refractivity contribution is 6.53. The first-order chi connectivity index (χ1) is 13.1. The number of allylic oxidation sites excluding steroid dienone is 4. The van der Waals surface area contributed by atoms with E-state index in [2.05, 4.69) is 9.98 Å². The minimum Gasteiger partial charge on any atom is -0.287 e. The molecule has 0 saturated heterocycles. The van der Waals surface area contributed by atoms with Crippen LogP contribution < -0.4 is 0 Å². The monoisotopic (exact) mass is 376 g/mol. The lowest BCUT2D eigenvalue weighted by molar-refractivity contribution is -0.414. The fourth-order valence-electron chi connectivity index (χ4n) is 3.63. The predicted molar refractivity (Wildman–Crippen MR) is 108 cm³/mol. The van der Waals surface area contributed by atoms with Gasteiger partial charge in [0.2, 0.25) is 0 Å². The van der Waals surface area contributed by atoms with E-state index in [4.69, 9.17) is 0 Å². The van der Waals surface area contributed by atoms with Gasteiger partial charge in [0.05, 0.1) is 10.6 Å². The molecule has 0 unspecified atom stereocenters. The largest absolute Gasteiger partial charge is 0.296 e. The summed E-state index contributed by atoms with van der Waals surface area (Å²) in [6, 6.07) is 0. The van der Waals surface area contributed by atoms with Crippen molar-refractivity contribution in [3.63, 3.8) is 0 Å². The number of hydrogen-bond acceptors (Lipinski definition) is 6. The molecule has 7 nitrogen and oxygen atoms in total. The van der Waals surface area contributed by atoms with Crippen LogP contribution in [0.1, 0.15) is 77.0 Å². The molecule has 0 radical (unpaired) electrons. The van der Waals surface area contributed by atoms with E-state index in [9.17, 15) is 15.3 Å². The highest BCUT2D eigenvalue weighted by Gasteiger charge is 2.34. The Morgan fingerprint density at radius 1 is 0.963 bits per heavy atom. The van der Waals surface area contributed by atoms with Crippen LogP contribution in [0, 0.1) is 10.1 Å². The number of fused-ring (bicyclic) bond motifs is 1. The zero-order chi connectivity index (χ0) is 19.5. The highest BCUT2D eigenvalue weighted by Crippen LogP contribution is 2.21. The van der Waals surface area contributed by atoms with Crippen LogP contribution >= 0.6 is 0 Å². The molecule has 1 N–H and O–H groups in total. The molecule has 1 heterocycles. The molecule has 2 fully saturated rings. The normalized spacial score (nSPS) is 23.0. The topological polar surface area (TPSA) is 91.3 Å². The molecular weight excluding hydrogens is 344 g/mol. The third-order valence-electron chi connectivity index (χ3n) is 5.17. The molecule has 4 aliphatic rings. The van der Waals surface area contributed by atoms with Crippen molar-refractivity contribution in [1.29, 1.82) is 0 Å². The number of rotatable bonds is 1. The van der Waals surface area contributed by atoms with Gasteiger partial charge in [-0.3, -0.25) is 25.3 Å². The van der Waals surface area contributed by atoms with E-state index in [1.807, 2.05) is 0 Å². The molecule has 0 bridgehead atoms. The Bertz CT molecular complexity index is 580. The number of hydroxylamine groups is 2. The second-order valence-corrected chi connectivity index (χ2v) is 7.22. The summed E-state index contributed by atoms with van der Waals surface area (Å²) in [6.07, 6.45) is 20.8. The molecule has 0 aromatic carbocycles. The zero-order valence-electron chi connectivity index (χ0n) is 16.4. The molecule has 2 saturated carbocycles. The summed E-state index contributed by atoms with van der Waals surface area (Å²) in [5.74, 6) is 0. The van der Waals surface area contributed by atoms with Crippen LogP contribution in [-0.2, 0) is 0 Å². The van der Waals surface area contributed by atoms with E-state index in [1.54, 1.807) is 0 Å². The molecule has 3 aliphatic carbocycles. The zero-order valence-corrected chi connectivity index (χ0v) is 16.4. The van der Waals surface area contributed by atoms with Crippen LogP contribution in [0.25, 0.3) is 0 Å². The van der Waals surface area contributed by atoms with Gasteiger partial charge < -0.3 is 0 Å².